The summed E-state index contributed by atoms with van der Waals surface area (Å²) >= 11 is 5.66. The van der Waals surface area contributed by atoms with Crippen LogP contribution in [0.5, 0.6) is 0 Å². The van der Waals surface area contributed by atoms with E-state index in [1.165, 1.54) is 0 Å². The fraction of sp³-hybridized carbons (Fsp3) is 0.900. The molecule has 1 amide bonds. The van der Waals surface area contributed by atoms with Crippen LogP contribution in [0.1, 0.15) is 27.7 Å². The van der Waals surface area contributed by atoms with Gasteiger partial charge in [-0.05, 0) is 27.7 Å². The van der Waals surface area contributed by atoms with Crippen LogP contribution in [0.2, 0.25) is 0 Å². The molecule has 0 unspecified atom stereocenters. The molecule has 3 nitrogen and oxygen atoms in total. The molecule has 0 heterocycles. The SMILES string of the molecule is CC(C)OCCNC(=O)C(C)(C)CCl. The zero-order chi connectivity index (χ0) is 11.2. The van der Waals surface area contributed by atoms with Gasteiger partial charge in [0.05, 0.1) is 18.1 Å². The molecular formula is C10H20ClNO2. The lowest BCUT2D eigenvalue weighted by molar-refractivity contribution is -0.128. The van der Waals surface area contributed by atoms with Crippen molar-refractivity contribution in [2.75, 3.05) is 19.0 Å². The van der Waals surface area contributed by atoms with Gasteiger partial charge in [0.15, 0.2) is 0 Å². The zero-order valence-electron chi connectivity index (χ0n) is 9.39. The molecule has 0 saturated heterocycles. The molecule has 0 bridgehead atoms. The van der Waals surface area contributed by atoms with Crippen LogP contribution >= 0.6 is 11.6 Å². The Labute approximate surface area is 91.2 Å². The fourth-order valence-electron chi connectivity index (χ4n) is 0.759. The largest absolute Gasteiger partial charge is 0.377 e. The molecular weight excluding hydrogens is 202 g/mol. The minimum absolute atomic E-state index is 0.0279. The predicted molar refractivity (Wildman–Crippen MR) is 58.6 cm³/mol. The van der Waals surface area contributed by atoms with E-state index in [0.29, 0.717) is 19.0 Å². The van der Waals surface area contributed by atoms with Crippen molar-refractivity contribution in [3.05, 3.63) is 0 Å². The summed E-state index contributed by atoms with van der Waals surface area (Å²) in [6, 6.07) is 0. The van der Waals surface area contributed by atoms with E-state index >= 15 is 0 Å². The number of hydrogen-bond donors (Lipinski definition) is 1. The Hall–Kier alpha value is -0.280. The van der Waals surface area contributed by atoms with E-state index in [2.05, 4.69) is 5.32 Å². The maximum atomic E-state index is 11.5. The molecule has 0 fully saturated rings. The van der Waals surface area contributed by atoms with Crippen molar-refractivity contribution >= 4 is 17.5 Å². The molecule has 0 aliphatic carbocycles. The lowest BCUT2D eigenvalue weighted by Gasteiger charge is -2.20. The van der Waals surface area contributed by atoms with E-state index in [4.69, 9.17) is 16.3 Å². The molecule has 0 aromatic heterocycles. The van der Waals surface area contributed by atoms with Gasteiger partial charge in [-0.3, -0.25) is 4.79 Å². The lowest BCUT2D eigenvalue weighted by atomic mass is 9.95. The van der Waals surface area contributed by atoms with Crippen molar-refractivity contribution in [3.8, 4) is 0 Å². The quantitative estimate of drug-likeness (QED) is 0.549. The van der Waals surface area contributed by atoms with Crippen LogP contribution in [0.15, 0.2) is 0 Å². The van der Waals surface area contributed by atoms with Crippen LogP contribution in [0.3, 0.4) is 0 Å². The van der Waals surface area contributed by atoms with Gasteiger partial charge in [0.1, 0.15) is 0 Å². The third-order valence-electron chi connectivity index (χ3n) is 1.79. The molecule has 0 radical (unpaired) electrons. The topological polar surface area (TPSA) is 38.3 Å². The molecule has 0 aliphatic rings. The summed E-state index contributed by atoms with van der Waals surface area (Å²) in [5.74, 6) is 0.295. The first-order chi connectivity index (χ1) is 6.40. The standard InChI is InChI=1S/C10H20ClNO2/c1-8(2)14-6-5-12-9(13)10(3,4)7-11/h8H,5-7H2,1-4H3,(H,12,13). The second-order valence-electron chi connectivity index (χ2n) is 4.19. The first-order valence-electron chi connectivity index (χ1n) is 4.86. The number of alkyl halides is 1. The molecule has 84 valence electrons. The van der Waals surface area contributed by atoms with E-state index in [0.717, 1.165) is 0 Å². The van der Waals surface area contributed by atoms with Gasteiger partial charge < -0.3 is 10.1 Å². The van der Waals surface area contributed by atoms with Gasteiger partial charge in [0, 0.05) is 12.4 Å². The third-order valence-corrected chi connectivity index (χ3v) is 2.46. The van der Waals surface area contributed by atoms with Gasteiger partial charge in [-0.25, -0.2) is 0 Å². The van der Waals surface area contributed by atoms with E-state index in [9.17, 15) is 4.79 Å². The molecule has 0 aromatic carbocycles. The maximum absolute atomic E-state index is 11.5. The van der Waals surface area contributed by atoms with Gasteiger partial charge in [-0.15, -0.1) is 11.6 Å². The van der Waals surface area contributed by atoms with Crippen LogP contribution in [0.4, 0.5) is 0 Å². The number of carbonyl (C=O) groups excluding carboxylic acids is 1. The molecule has 0 rings (SSSR count). The second kappa shape index (κ2) is 6.25. The molecule has 0 saturated carbocycles. The van der Waals surface area contributed by atoms with Crippen LogP contribution in [0.25, 0.3) is 0 Å². The summed E-state index contributed by atoms with van der Waals surface area (Å²) < 4.78 is 5.29. The summed E-state index contributed by atoms with van der Waals surface area (Å²) in [6.45, 7) is 8.64. The Morgan fingerprint density at radius 3 is 2.50 bits per heavy atom. The number of halogens is 1. The molecule has 14 heavy (non-hydrogen) atoms. The molecule has 4 heteroatoms. The summed E-state index contributed by atoms with van der Waals surface area (Å²) in [7, 11) is 0. The number of rotatable bonds is 6. The molecule has 1 N–H and O–H groups in total. The summed E-state index contributed by atoms with van der Waals surface area (Å²) in [5.41, 5.74) is -0.501. The van der Waals surface area contributed by atoms with E-state index in [1.54, 1.807) is 0 Å². The molecule has 0 aromatic rings. The molecule has 0 atom stereocenters. The number of hydrogen-bond acceptors (Lipinski definition) is 2. The Kier molecular flexibility index (Phi) is 6.12. The first-order valence-corrected chi connectivity index (χ1v) is 5.39. The van der Waals surface area contributed by atoms with E-state index in [1.807, 2.05) is 27.7 Å². The first kappa shape index (κ1) is 13.7. The van der Waals surface area contributed by atoms with Gasteiger partial charge in [-0.1, -0.05) is 0 Å². The maximum Gasteiger partial charge on any atom is 0.226 e. The van der Waals surface area contributed by atoms with Crippen molar-refractivity contribution in [2.24, 2.45) is 5.41 Å². The van der Waals surface area contributed by atoms with Crippen molar-refractivity contribution in [1.82, 2.24) is 5.32 Å². The summed E-state index contributed by atoms with van der Waals surface area (Å²) in [5, 5.41) is 2.78. The summed E-state index contributed by atoms with van der Waals surface area (Å²) in [6.07, 6.45) is 0.202. The van der Waals surface area contributed by atoms with Crippen molar-refractivity contribution in [2.45, 2.75) is 33.8 Å². The average molecular weight is 222 g/mol. The number of amides is 1. The smallest absolute Gasteiger partial charge is 0.226 e. The van der Waals surface area contributed by atoms with E-state index in [-0.39, 0.29) is 12.0 Å². The highest BCUT2D eigenvalue weighted by atomic mass is 35.5. The van der Waals surface area contributed by atoms with Crippen LogP contribution < -0.4 is 5.32 Å². The molecule has 0 aliphatic heterocycles. The Morgan fingerprint density at radius 1 is 1.50 bits per heavy atom. The minimum Gasteiger partial charge on any atom is -0.377 e. The average Bonchev–Trinajstić information content (AvgIpc) is 2.11. The Bertz CT molecular complexity index is 181. The lowest BCUT2D eigenvalue weighted by Crippen LogP contribution is -2.39. The number of nitrogens with one attached hydrogen (secondary N) is 1. The monoisotopic (exact) mass is 221 g/mol. The van der Waals surface area contributed by atoms with Crippen molar-refractivity contribution in [1.29, 1.82) is 0 Å². The highest BCUT2D eigenvalue weighted by molar-refractivity contribution is 6.19. The van der Waals surface area contributed by atoms with E-state index < -0.39 is 5.41 Å². The predicted octanol–water partition coefficient (Wildman–Crippen LogP) is 1.79. The van der Waals surface area contributed by atoms with Gasteiger partial charge in [-0.2, -0.15) is 0 Å². The van der Waals surface area contributed by atoms with Gasteiger partial charge >= 0.3 is 0 Å². The van der Waals surface area contributed by atoms with Crippen LogP contribution in [0, 0.1) is 5.41 Å². The van der Waals surface area contributed by atoms with Gasteiger partial charge in [0.2, 0.25) is 5.91 Å². The van der Waals surface area contributed by atoms with Crippen LogP contribution in [-0.4, -0.2) is 31.0 Å². The van der Waals surface area contributed by atoms with Crippen molar-refractivity contribution < 1.29 is 9.53 Å². The molecule has 0 spiro atoms. The number of ether oxygens (including phenoxy) is 1. The van der Waals surface area contributed by atoms with Gasteiger partial charge in [0.25, 0.3) is 0 Å². The minimum atomic E-state index is -0.501. The Morgan fingerprint density at radius 2 is 2.07 bits per heavy atom. The summed E-state index contributed by atoms with van der Waals surface area (Å²) in [4.78, 5) is 11.5. The normalized spacial score (nSPS) is 11.9. The van der Waals surface area contributed by atoms with Crippen LogP contribution in [-0.2, 0) is 9.53 Å². The third kappa shape index (κ3) is 5.45. The highest BCUT2D eigenvalue weighted by Gasteiger charge is 2.25. The highest BCUT2D eigenvalue weighted by Crippen LogP contribution is 2.16. The van der Waals surface area contributed by atoms with Crippen molar-refractivity contribution in [3.63, 3.8) is 0 Å². The second-order valence-corrected chi connectivity index (χ2v) is 4.46. The zero-order valence-corrected chi connectivity index (χ0v) is 10.1. The fourth-order valence-corrected chi connectivity index (χ4v) is 0.881. The number of carbonyl (C=O) groups is 1. The Balaban J connectivity index is 3.64.